The maximum Gasteiger partial charge on any atom is 0.272 e. The molecule has 0 unspecified atom stereocenters. The third-order valence-electron chi connectivity index (χ3n) is 7.65. The number of aromatic nitrogens is 2. The second-order valence-corrected chi connectivity index (χ2v) is 11.1. The summed E-state index contributed by atoms with van der Waals surface area (Å²) in [5, 5.41) is 4.41. The quantitative estimate of drug-likeness (QED) is 0.430. The molecule has 2 aromatic carbocycles. The SMILES string of the molecule is COc1ccc(CC(=O)N2CCCN(C(C)C)CCN(C(=O)c3ccnn3C(C)C)Cc3cccc(C)c32)cc1. The first-order valence-corrected chi connectivity index (χ1v) is 14.3. The van der Waals surface area contributed by atoms with E-state index in [9.17, 15) is 9.59 Å². The number of aryl methyl sites for hydroxylation is 1. The molecule has 8 nitrogen and oxygen atoms in total. The molecule has 1 aromatic heterocycles. The van der Waals surface area contributed by atoms with Gasteiger partial charge in [-0.3, -0.25) is 19.2 Å². The van der Waals surface area contributed by atoms with Crippen LogP contribution in [0.1, 0.15) is 67.3 Å². The Balaban J connectivity index is 1.72. The summed E-state index contributed by atoms with van der Waals surface area (Å²) in [6.07, 6.45) is 2.83. The topological polar surface area (TPSA) is 70.9 Å². The maximum atomic E-state index is 14.0. The van der Waals surface area contributed by atoms with Gasteiger partial charge in [-0.1, -0.05) is 30.3 Å². The highest BCUT2D eigenvalue weighted by Gasteiger charge is 2.27. The number of methoxy groups -OCH3 is 1. The molecule has 214 valence electrons. The molecule has 0 saturated heterocycles. The van der Waals surface area contributed by atoms with E-state index >= 15 is 0 Å². The Morgan fingerprint density at radius 1 is 0.925 bits per heavy atom. The molecule has 0 aliphatic carbocycles. The Bertz CT molecular complexity index is 1300. The molecule has 4 rings (SSSR count). The molecular weight excluding hydrogens is 502 g/mol. The zero-order valence-electron chi connectivity index (χ0n) is 24.8. The number of nitrogens with zero attached hydrogens (tertiary/aromatic N) is 5. The molecule has 3 aromatic rings. The molecule has 1 aliphatic rings. The van der Waals surface area contributed by atoms with Crippen LogP contribution in [-0.4, -0.2) is 70.7 Å². The van der Waals surface area contributed by atoms with E-state index in [1.54, 1.807) is 24.1 Å². The van der Waals surface area contributed by atoms with Gasteiger partial charge in [-0.2, -0.15) is 5.10 Å². The summed E-state index contributed by atoms with van der Waals surface area (Å²) in [5.74, 6) is 0.773. The van der Waals surface area contributed by atoms with Gasteiger partial charge in [0.2, 0.25) is 5.91 Å². The number of fused-ring (bicyclic) bond motifs is 1. The van der Waals surface area contributed by atoms with Crippen molar-refractivity contribution in [2.45, 2.75) is 66.1 Å². The molecule has 0 spiro atoms. The van der Waals surface area contributed by atoms with Gasteiger partial charge in [0.15, 0.2) is 0 Å². The molecule has 0 bridgehead atoms. The van der Waals surface area contributed by atoms with Crippen molar-refractivity contribution in [2.24, 2.45) is 0 Å². The van der Waals surface area contributed by atoms with Gasteiger partial charge in [0, 0.05) is 51.0 Å². The first-order chi connectivity index (χ1) is 19.2. The number of rotatable bonds is 6. The smallest absolute Gasteiger partial charge is 0.272 e. The van der Waals surface area contributed by atoms with Crippen molar-refractivity contribution in [1.82, 2.24) is 19.6 Å². The highest BCUT2D eigenvalue weighted by molar-refractivity contribution is 5.97. The van der Waals surface area contributed by atoms with Crippen LogP contribution in [0.5, 0.6) is 5.75 Å². The van der Waals surface area contributed by atoms with E-state index in [4.69, 9.17) is 4.74 Å². The second-order valence-electron chi connectivity index (χ2n) is 11.1. The van der Waals surface area contributed by atoms with Gasteiger partial charge in [-0.25, -0.2) is 0 Å². The first kappa shape index (κ1) is 29.3. The number of hydrogen-bond acceptors (Lipinski definition) is 5. The highest BCUT2D eigenvalue weighted by Crippen LogP contribution is 2.29. The van der Waals surface area contributed by atoms with Crippen molar-refractivity contribution in [3.05, 3.63) is 77.1 Å². The molecule has 40 heavy (non-hydrogen) atoms. The molecule has 1 aliphatic heterocycles. The summed E-state index contributed by atoms with van der Waals surface area (Å²) < 4.78 is 7.08. The first-order valence-electron chi connectivity index (χ1n) is 14.3. The van der Waals surface area contributed by atoms with Crippen molar-refractivity contribution < 1.29 is 14.3 Å². The number of para-hydroxylation sites is 1. The summed E-state index contributed by atoms with van der Waals surface area (Å²) in [6.45, 7) is 13.7. The summed E-state index contributed by atoms with van der Waals surface area (Å²) in [5.41, 5.74) is 4.44. The van der Waals surface area contributed by atoms with Crippen LogP contribution in [0.15, 0.2) is 54.7 Å². The number of hydrogen-bond donors (Lipinski definition) is 0. The number of benzene rings is 2. The molecule has 0 fully saturated rings. The molecule has 2 amide bonds. The summed E-state index contributed by atoms with van der Waals surface area (Å²) in [6, 6.07) is 16.0. The maximum absolute atomic E-state index is 14.0. The fourth-order valence-corrected chi connectivity index (χ4v) is 5.43. The third-order valence-corrected chi connectivity index (χ3v) is 7.65. The zero-order chi connectivity index (χ0) is 28.8. The molecule has 0 saturated carbocycles. The number of carbonyl (C=O) groups excluding carboxylic acids is 2. The predicted molar refractivity (Wildman–Crippen MR) is 159 cm³/mol. The molecule has 0 N–H and O–H groups in total. The van der Waals surface area contributed by atoms with Crippen LogP contribution >= 0.6 is 0 Å². The van der Waals surface area contributed by atoms with Crippen LogP contribution in [0, 0.1) is 6.92 Å². The van der Waals surface area contributed by atoms with Crippen molar-refractivity contribution in [1.29, 1.82) is 0 Å². The lowest BCUT2D eigenvalue weighted by atomic mass is 10.0. The zero-order valence-corrected chi connectivity index (χ0v) is 24.8. The van der Waals surface area contributed by atoms with Crippen LogP contribution in [0.2, 0.25) is 0 Å². The Morgan fingerprint density at radius 2 is 1.68 bits per heavy atom. The van der Waals surface area contributed by atoms with Crippen molar-refractivity contribution in [3.63, 3.8) is 0 Å². The number of ether oxygens (including phenoxy) is 1. The number of anilines is 1. The predicted octanol–water partition coefficient (Wildman–Crippen LogP) is 5.11. The third kappa shape index (κ3) is 6.73. The van der Waals surface area contributed by atoms with Crippen LogP contribution in [0.4, 0.5) is 5.69 Å². The summed E-state index contributed by atoms with van der Waals surface area (Å²) in [4.78, 5) is 34.1. The number of amides is 2. The highest BCUT2D eigenvalue weighted by atomic mass is 16.5. The van der Waals surface area contributed by atoms with Crippen molar-refractivity contribution in [2.75, 3.05) is 38.2 Å². The minimum atomic E-state index is -0.0438. The van der Waals surface area contributed by atoms with Crippen LogP contribution in [0.3, 0.4) is 0 Å². The van der Waals surface area contributed by atoms with Gasteiger partial charge in [0.25, 0.3) is 5.91 Å². The monoisotopic (exact) mass is 545 g/mol. The Hall–Kier alpha value is -3.65. The lowest BCUT2D eigenvalue weighted by Crippen LogP contribution is -2.42. The Kier molecular flexibility index (Phi) is 9.63. The average molecular weight is 546 g/mol. The van der Waals surface area contributed by atoms with Crippen LogP contribution < -0.4 is 9.64 Å². The van der Waals surface area contributed by atoms with E-state index in [1.807, 2.05) is 73.0 Å². The van der Waals surface area contributed by atoms with E-state index in [-0.39, 0.29) is 17.9 Å². The van der Waals surface area contributed by atoms with Gasteiger partial charge in [0.1, 0.15) is 11.4 Å². The van der Waals surface area contributed by atoms with Gasteiger partial charge in [0.05, 0.1) is 19.2 Å². The average Bonchev–Trinajstić information content (AvgIpc) is 3.41. The van der Waals surface area contributed by atoms with Gasteiger partial charge in [-0.05, 0) is 75.9 Å². The number of carbonyl (C=O) groups is 2. The fourth-order valence-electron chi connectivity index (χ4n) is 5.43. The largest absolute Gasteiger partial charge is 0.497 e. The minimum absolute atomic E-state index is 0.0438. The van der Waals surface area contributed by atoms with E-state index in [0.717, 1.165) is 47.6 Å². The fraction of sp³-hybridized carbons (Fsp3) is 0.469. The molecule has 0 radical (unpaired) electrons. The van der Waals surface area contributed by atoms with Crippen LogP contribution in [-0.2, 0) is 17.8 Å². The lowest BCUT2D eigenvalue weighted by Gasteiger charge is -2.30. The van der Waals surface area contributed by atoms with E-state index in [0.29, 0.717) is 37.8 Å². The summed E-state index contributed by atoms with van der Waals surface area (Å²) >= 11 is 0. The summed E-state index contributed by atoms with van der Waals surface area (Å²) in [7, 11) is 1.64. The second kappa shape index (κ2) is 13.1. The van der Waals surface area contributed by atoms with Gasteiger partial charge < -0.3 is 14.5 Å². The van der Waals surface area contributed by atoms with Crippen molar-refractivity contribution in [3.8, 4) is 5.75 Å². The molecule has 8 heteroatoms. The molecule has 0 atom stereocenters. The van der Waals surface area contributed by atoms with Gasteiger partial charge in [-0.15, -0.1) is 0 Å². The van der Waals surface area contributed by atoms with E-state index < -0.39 is 0 Å². The minimum Gasteiger partial charge on any atom is -0.497 e. The molecular formula is C32H43N5O3. The normalized spacial score (nSPS) is 15.2. The van der Waals surface area contributed by atoms with E-state index in [1.165, 1.54) is 0 Å². The van der Waals surface area contributed by atoms with Crippen LogP contribution in [0.25, 0.3) is 0 Å². The van der Waals surface area contributed by atoms with E-state index in [2.05, 4.69) is 23.8 Å². The molecule has 2 heterocycles. The Labute approximate surface area is 238 Å². The standard InChI is InChI=1S/C32H43N5O3/c1-23(2)34-17-8-18-36(30(38)21-26-11-13-28(40-6)14-12-26)31-25(5)9-7-10-27(31)22-35(20-19-34)32(39)29-15-16-33-37(29)24(3)4/h7,9-16,23-24H,8,17-22H2,1-6H3. The van der Waals surface area contributed by atoms with Crippen molar-refractivity contribution >= 4 is 17.5 Å². The Morgan fingerprint density at radius 3 is 2.35 bits per heavy atom. The van der Waals surface area contributed by atoms with Gasteiger partial charge >= 0.3 is 0 Å². The lowest BCUT2D eigenvalue weighted by molar-refractivity contribution is -0.118.